The van der Waals surface area contributed by atoms with Crippen LogP contribution < -0.4 is 16.8 Å². The number of benzene rings is 3. The third-order valence-corrected chi connectivity index (χ3v) is 4.80. The van der Waals surface area contributed by atoms with Crippen molar-refractivity contribution >= 4 is 11.8 Å². The van der Waals surface area contributed by atoms with Gasteiger partial charge in [0.2, 0.25) is 11.8 Å². The van der Waals surface area contributed by atoms with Crippen molar-refractivity contribution in [2.75, 3.05) is 0 Å². The fourth-order valence-electron chi connectivity index (χ4n) is 3.16. The van der Waals surface area contributed by atoms with Gasteiger partial charge in [0.1, 0.15) is 6.04 Å². The van der Waals surface area contributed by atoms with Crippen molar-refractivity contribution in [1.29, 1.82) is 0 Å². The minimum Gasteiger partial charge on any atom is -0.368 e. The molecule has 148 valence electrons. The molecule has 0 aliphatic carbocycles. The van der Waals surface area contributed by atoms with E-state index in [4.69, 9.17) is 11.5 Å². The second-order valence-electron chi connectivity index (χ2n) is 7.03. The highest BCUT2D eigenvalue weighted by Gasteiger charge is 2.22. The Balaban J connectivity index is 1.59. The first-order valence-electron chi connectivity index (χ1n) is 9.56. The van der Waals surface area contributed by atoms with Crippen LogP contribution in [0.4, 0.5) is 0 Å². The Labute approximate surface area is 170 Å². The normalized spacial score (nSPS) is 12.7. The van der Waals surface area contributed by atoms with Gasteiger partial charge in [0, 0.05) is 6.42 Å². The number of hydrogen-bond donors (Lipinski definition) is 3. The summed E-state index contributed by atoms with van der Waals surface area (Å²) in [5.74, 6) is -0.974. The van der Waals surface area contributed by atoms with Crippen LogP contribution in [-0.2, 0) is 22.4 Å². The average molecular weight is 387 g/mol. The summed E-state index contributed by atoms with van der Waals surface area (Å²) in [6.07, 6.45) is 0.706. The lowest BCUT2D eigenvalue weighted by Crippen LogP contribution is -2.51. The van der Waals surface area contributed by atoms with Gasteiger partial charge in [0.15, 0.2) is 0 Å². The van der Waals surface area contributed by atoms with Gasteiger partial charge in [-0.05, 0) is 28.7 Å². The number of rotatable bonds is 8. The molecular formula is C24H25N3O2. The van der Waals surface area contributed by atoms with Gasteiger partial charge in [-0.2, -0.15) is 0 Å². The molecule has 2 amide bonds. The van der Waals surface area contributed by atoms with Crippen LogP contribution in [-0.4, -0.2) is 23.9 Å². The highest BCUT2D eigenvalue weighted by atomic mass is 16.2. The SMILES string of the molecule is NC(=O)[C@H](Cc1ccccc1)NC(=O)C(N)Cc1ccc(-c2ccccc2)cc1. The van der Waals surface area contributed by atoms with E-state index in [1.807, 2.05) is 84.9 Å². The van der Waals surface area contributed by atoms with Crippen molar-refractivity contribution in [3.63, 3.8) is 0 Å². The van der Waals surface area contributed by atoms with E-state index >= 15 is 0 Å². The molecule has 0 spiro atoms. The lowest BCUT2D eigenvalue weighted by Gasteiger charge is -2.19. The molecule has 2 atom stereocenters. The predicted octanol–water partition coefficient (Wildman–Crippen LogP) is 2.44. The third kappa shape index (κ3) is 5.77. The second kappa shape index (κ2) is 9.66. The minimum absolute atomic E-state index is 0.334. The molecule has 0 saturated heterocycles. The fraction of sp³-hybridized carbons (Fsp3) is 0.167. The summed E-state index contributed by atoms with van der Waals surface area (Å²) in [6, 6.07) is 25.9. The number of nitrogens with two attached hydrogens (primary N) is 2. The van der Waals surface area contributed by atoms with Crippen LogP contribution in [0.15, 0.2) is 84.9 Å². The van der Waals surface area contributed by atoms with Crippen LogP contribution in [0.3, 0.4) is 0 Å². The van der Waals surface area contributed by atoms with E-state index in [9.17, 15) is 9.59 Å². The maximum Gasteiger partial charge on any atom is 0.240 e. The Morgan fingerprint density at radius 3 is 1.83 bits per heavy atom. The zero-order valence-corrected chi connectivity index (χ0v) is 16.1. The molecule has 5 nitrogen and oxygen atoms in total. The van der Waals surface area contributed by atoms with Crippen molar-refractivity contribution in [1.82, 2.24) is 5.32 Å². The molecule has 0 aromatic heterocycles. The molecule has 0 aliphatic heterocycles. The maximum atomic E-state index is 12.5. The van der Waals surface area contributed by atoms with Gasteiger partial charge in [-0.15, -0.1) is 0 Å². The van der Waals surface area contributed by atoms with Gasteiger partial charge in [-0.25, -0.2) is 0 Å². The lowest BCUT2D eigenvalue weighted by atomic mass is 10.00. The molecule has 3 aromatic carbocycles. The second-order valence-corrected chi connectivity index (χ2v) is 7.03. The summed E-state index contributed by atoms with van der Waals surface area (Å²) in [5, 5.41) is 2.68. The van der Waals surface area contributed by atoms with Crippen molar-refractivity contribution in [2.45, 2.75) is 24.9 Å². The van der Waals surface area contributed by atoms with Crippen molar-refractivity contribution in [2.24, 2.45) is 11.5 Å². The molecule has 0 fully saturated rings. The Morgan fingerprint density at radius 1 is 0.724 bits per heavy atom. The molecule has 0 saturated carbocycles. The molecule has 0 heterocycles. The number of carbonyl (C=O) groups excluding carboxylic acids is 2. The van der Waals surface area contributed by atoms with E-state index in [1.165, 1.54) is 0 Å². The van der Waals surface area contributed by atoms with E-state index < -0.39 is 23.9 Å². The van der Waals surface area contributed by atoms with Gasteiger partial charge in [0.05, 0.1) is 6.04 Å². The first kappa shape index (κ1) is 20.3. The minimum atomic E-state index is -0.795. The lowest BCUT2D eigenvalue weighted by molar-refractivity contribution is -0.128. The quantitative estimate of drug-likeness (QED) is 0.554. The van der Waals surface area contributed by atoms with E-state index in [1.54, 1.807) is 0 Å². The molecule has 3 aromatic rings. The van der Waals surface area contributed by atoms with Gasteiger partial charge < -0.3 is 16.8 Å². The van der Waals surface area contributed by atoms with Crippen LogP contribution in [0.2, 0.25) is 0 Å². The average Bonchev–Trinajstić information content (AvgIpc) is 2.75. The summed E-state index contributed by atoms with van der Waals surface area (Å²) in [6.45, 7) is 0. The van der Waals surface area contributed by atoms with Gasteiger partial charge >= 0.3 is 0 Å². The molecule has 5 heteroatoms. The van der Waals surface area contributed by atoms with Gasteiger partial charge in [-0.1, -0.05) is 84.9 Å². The van der Waals surface area contributed by atoms with E-state index in [2.05, 4.69) is 5.32 Å². The summed E-state index contributed by atoms with van der Waals surface area (Å²) >= 11 is 0. The molecule has 3 rings (SSSR count). The Hall–Kier alpha value is -3.44. The highest BCUT2D eigenvalue weighted by Crippen LogP contribution is 2.19. The van der Waals surface area contributed by atoms with Crippen molar-refractivity contribution < 1.29 is 9.59 Å². The molecule has 1 unspecified atom stereocenters. The van der Waals surface area contributed by atoms with Crippen LogP contribution in [0, 0.1) is 0 Å². The Morgan fingerprint density at radius 2 is 1.24 bits per heavy atom. The monoisotopic (exact) mass is 387 g/mol. The van der Waals surface area contributed by atoms with E-state index in [0.717, 1.165) is 22.3 Å². The smallest absolute Gasteiger partial charge is 0.240 e. The molecule has 0 radical (unpaired) electrons. The molecule has 0 bridgehead atoms. The van der Waals surface area contributed by atoms with Gasteiger partial charge in [0.25, 0.3) is 0 Å². The van der Waals surface area contributed by atoms with Crippen LogP contribution >= 0.6 is 0 Å². The predicted molar refractivity (Wildman–Crippen MR) is 115 cm³/mol. The number of primary amides is 1. The first-order chi connectivity index (χ1) is 14.0. The standard InChI is InChI=1S/C24H25N3O2/c25-21(15-18-11-13-20(14-12-18)19-9-5-2-6-10-19)24(29)27-22(23(26)28)16-17-7-3-1-4-8-17/h1-14,21-22H,15-16,25H2,(H2,26,28)(H,27,29)/t21?,22-/m0/s1. The molecule has 5 N–H and O–H groups in total. The number of hydrogen-bond acceptors (Lipinski definition) is 3. The summed E-state index contributed by atoms with van der Waals surface area (Å²) in [7, 11) is 0. The van der Waals surface area contributed by atoms with E-state index in [0.29, 0.717) is 12.8 Å². The van der Waals surface area contributed by atoms with Crippen molar-refractivity contribution in [3.05, 3.63) is 96.1 Å². The number of carbonyl (C=O) groups is 2. The zero-order chi connectivity index (χ0) is 20.6. The Bertz CT molecular complexity index is 941. The molecular weight excluding hydrogens is 362 g/mol. The zero-order valence-electron chi connectivity index (χ0n) is 16.1. The van der Waals surface area contributed by atoms with Crippen LogP contribution in [0.5, 0.6) is 0 Å². The molecule has 29 heavy (non-hydrogen) atoms. The summed E-state index contributed by atoms with van der Waals surface area (Å²) in [4.78, 5) is 24.3. The third-order valence-electron chi connectivity index (χ3n) is 4.80. The first-order valence-corrected chi connectivity index (χ1v) is 9.56. The summed E-state index contributed by atoms with van der Waals surface area (Å²) in [5.41, 5.74) is 15.6. The van der Waals surface area contributed by atoms with Gasteiger partial charge in [-0.3, -0.25) is 9.59 Å². The number of nitrogens with one attached hydrogen (secondary N) is 1. The van der Waals surface area contributed by atoms with Crippen LogP contribution in [0.1, 0.15) is 11.1 Å². The fourth-order valence-corrected chi connectivity index (χ4v) is 3.16. The van der Waals surface area contributed by atoms with Crippen LogP contribution in [0.25, 0.3) is 11.1 Å². The summed E-state index contributed by atoms with van der Waals surface area (Å²) < 4.78 is 0. The number of amides is 2. The van der Waals surface area contributed by atoms with Crippen molar-refractivity contribution in [3.8, 4) is 11.1 Å². The maximum absolute atomic E-state index is 12.5. The molecule has 0 aliphatic rings. The largest absolute Gasteiger partial charge is 0.368 e. The topological polar surface area (TPSA) is 98.2 Å². The Kier molecular flexibility index (Phi) is 6.76. The highest BCUT2D eigenvalue weighted by molar-refractivity contribution is 5.89. The van der Waals surface area contributed by atoms with E-state index in [-0.39, 0.29) is 0 Å².